The van der Waals surface area contributed by atoms with Crippen LogP contribution in [0.2, 0.25) is 0 Å². The standard InChI is InChI=1S/C26H26N4O2/c1-18-8-7-11-21(16-18)25(31)27-23-24(20-9-5-4-6-10-20)30(28-26(23)32)17-19-12-14-22(15-13-19)29(2)3/h4-17,23-24H,1-3H3,(H-,27,28,31,32)/p+1/t23-,24+/m0/s1. The van der Waals surface area contributed by atoms with Gasteiger partial charge in [0.1, 0.15) is 0 Å². The van der Waals surface area contributed by atoms with E-state index in [1.54, 1.807) is 10.8 Å². The highest BCUT2D eigenvalue weighted by atomic mass is 16.2. The van der Waals surface area contributed by atoms with Gasteiger partial charge in [0.2, 0.25) is 12.3 Å². The molecular formula is C26H27N4O2+. The van der Waals surface area contributed by atoms with E-state index < -0.39 is 6.04 Å². The van der Waals surface area contributed by atoms with Gasteiger partial charge in [-0.05, 0) is 43.3 Å². The van der Waals surface area contributed by atoms with Crippen LogP contribution in [0.15, 0.2) is 78.9 Å². The van der Waals surface area contributed by atoms with E-state index in [9.17, 15) is 9.59 Å². The van der Waals surface area contributed by atoms with Crippen LogP contribution in [0.1, 0.15) is 33.1 Å². The highest BCUT2D eigenvalue weighted by Crippen LogP contribution is 2.25. The van der Waals surface area contributed by atoms with Crippen molar-refractivity contribution in [3.63, 3.8) is 0 Å². The molecule has 0 aromatic heterocycles. The topological polar surface area (TPSA) is 64.5 Å². The molecule has 0 radical (unpaired) electrons. The summed E-state index contributed by atoms with van der Waals surface area (Å²) in [6.45, 7) is 1.93. The highest BCUT2D eigenvalue weighted by molar-refractivity contribution is 5.98. The lowest BCUT2D eigenvalue weighted by atomic mass is 9.99. The van der Waals surface area contributed by atoms with Crippen molar-refractivity contribution in [1.82, 2.24) is 10.7 Å². The van der Waals surface area contributed by atoms with Gasteiger partial charge in [-0.3, -0.25) is 9.59 Å². The Balaban J connectivity index is 1.67. The fourth-order valence-electron chi connectivity index (χ4n) is 3.86. The zero-order valence-electron chi connectivity index (χ0n) is 18.4. The minimum atomic E-state index is -0.734. The largest absolute Gasteiger partial charge is 0.378 e. The van der Waals surface area contributed by atoms with Crippen molar-refractivity contribution in [3.8, 4) is 0 Å². The lowest BCUT2D eigenvalue weighted by Gasteiger charge is -2.15. The number of carbonyl (C=O) groups excluding carboxylic acids is 2. The van der Waals surface area contributed by atoms with Gasteiger partial charge in [0.15, 0.2) is 6.04 Å². The van der Waals surface area contributed by atoms with Crippen molar-refractivity contribution >= 4 is 23.7 Å². The molecule has 3 aromatic carbocycles. The summed E-state index contributed by atoms with van der Waals surface area (Å²) in [4.78, 5) is 27.9. The number of carbonyl (C=O) groups is 2. The van der Waals surface area contributed by atoms with E-state index in [-0.39, 0.29) is 17.9 Å². The van der Waals surface area contributed by atoms with Gasteiger partial charge in [-0.15, -0.1) is 10.1 Å². The Morgan fingerprint density at radius 3 is 2.38 bits per heavy atom. The Labute approximate surface area is 188 Å². The smallest absolute Gasteiger partial charge is 0.304 e. The van der Waals surface area contributed by atoms with Gasteiger partial charge in [0, 0.05) is 36.5 Å². The molecule has 4 rings (SSSR count). The van der Waals surface area contributed by atoms with Crippen LogP contribution in [0, 0.1) is 6.92 Å². The maximum Gasteiger partial charge on any atom is 0.304 e. The predicted octanol–water partition coefficient (Wildman–Crippen LogP) is 3.08. The van der Waals surface area contributed by atoms with Gasteiger partial charge in [0.05, 0.1) is 0 Å². The van der Waals surface area contributed by atoms with E-state index in [2.05, 4.69) is 10.7 Å². The fourth-order valence-corrected chi connectivity index (χ4v) is 3.86. The SMILES string of the molecule is Cc1cccc(C(=O)N[C@@H]2C(=O)N/[N+](=C\c3ccc(N(C)C)cc3)[C@@H]2c2ccccc2)c1. The van der Waals surface area contributed by atoms with E-state index in [0.717, 1.165) is 22.4 Å². The second kappa shape index (κ2) is 9.06. The number of nitrogens with one attached hydrogen (secondary N) is 2. The lowest BCUT2D eigenvalue weighted by molar-refractivity contribution is -0.596. The van der Waals surface area contributed by atoms with Crippen molar-refractivity contribution in [2.24, 2.45) is 0 Å². The number of hydrazone groups is 1. The average molecular weight is 428 g/mol. The van der Waals surface area contributed by atoms with Crippen molar-refractivity contribution in [2.75, 3.05) is 19.0 Å². The summed E-state index contributed by atoms with van der Waals surface area (Å²) in [5.74, 6) is -0.520. The first-order valence-corrected chi connectivity index (χ1v) is 10.6. The molecule has 0 spiro atoms. The van der Waals surface area contributed by atoms with Crippen molar-refractivity contribution < 1.29 is 14.3 Å². The third-order valence-corrected chi connectivity index (χ3v) is 5.54. The molecule has 32 heavy (non-hydrogen) atoms. The van der Waals surface area contributed by atoms with Crippen LogP contribution in [-0.4, -0.2) is 42.9 Å². The third-order valence-electron chi connectivity index (χ3n) is 5.54. The van der Waals surface area contributed by atoms with Gasteiger partial charge >= 0.3 is 5.91 Å². The summed E-state index contributed by atoms with van der Waals surface area (Å²) < 4.78 is 1.78. The quantitative estimate of drug-likeness (QED) is 0.615. The molecule has 6 nitrogen and oxygen atoms in total. The zero-order chi connectivity index (χ0) is 22.7. The number of hydrogen-bond acceptors (Lipinski definition) is 3. The third kappa shape index (κ3) is 4.54. The Hall–Kier alpha value is -3.93. The minimum Gasteiger partial charge on any atom is -0.378 e. The molecule has 162 valence electrons. The maximum absolute atomic E-state index is 12.9. The van der Waals surface area contributed by atoms with Gasteiger partial charge in [-0.2, -0.15) is 0 Å². The summed E-state index contributed by atoms with van der Waals surface area (Å²) in [5.41, 5.74) is 7.42. The molecule has 0 saturated carbocycles. The van der Waals surface area contributed by atoms with Crippen LogP contribution in [0.25, 0.3) is 0 Å². The molecule has 2 atom stereocenters. The van der Waals surface area contributed by atoms with E-state index >= 15 is 0 Å². The molecule has 3 aromatic rings. The number of nitrogens with zero attached hydrogens (tertiary/aromatic N) is 2. The second-order valence-corrected chi connectivity index (χ2v) is 8.17. The zero-order valence-corrected chi connectivity index (χ0v) is 18.4. The second-order valence-electron chi connectivity index (χ2n) is 8.17. The predicted molar refractivity (Wildman–Crippen MR) is 126 cm³/mol. The molecule has 1 fully saturated rings. The number of anilines is 1. The highest BCUT2D eigenvalue weighted by Gasteiger charge is 2.47. The number of rotatable bonds is 5. The molecule has 0 unspecified atom stereocenters. The normalized spacial score (nSPS) is 19.0. The number of aryl methyl sites for hydroxylation is 1. The molecule has 0 bridgehead atoms. The average Bonchev–Trinajstić information content (AvgIpc) is 3.09. The molecule has 1 heterocycles. The van der Waals surface area contributed by atoms with E-state index in [1.807, 2.05) is 105 Å². The van der Waals surface area contributed by atoms with Gasteiger partial charge < -0.3 is 10.2 Å². The minimum absolute atomic E-state index is 0.249. The lowest BCUT2D eigenvalue weighted by Crippen LogP contribution is -2.42. The molecule has 0 aliphatic carbocycles. The van der Waals surface area contributed by atoms with Crippen molar-refractivity contribution in [1.29, 1.82) is 0 Å². The summed E-state index contributed by atoms with van der Waals surface area (Å²) in [5, 5.41) is 2.94. The first-order chi connectivity index (χ1) is 15.4. The Kier molecular flexibility index (Phi) is 6.03. The number of benzene rings is 3. The molecule has 2 N–H and O–H groups in total. The molecule has 1 aliphatic heterocycles. The Morgan fingerprint density at radius 1 is 1.00 bits per heavy atom. The first kappa shape index (κ1) is 21.3. The van der Waals surface area contributed by atoms with Gasteiger partial charge in [-0.25, -0.2) is 0 Å². The first-order valence-electron chi connectivity index (χ1n) is 10.6. The molecular weight excluding hydrogens is 400 g/mol. The van der Waals surface area contributed by atoms with E-state index in [4.69, 9.17) is 0 Å². The summed E-state index contributed by atoms with van der Waals surface area (Å²) in [7, 11) is 3.98. The molecule has 1 aliphatic rings. The van der Waals surface area contributed by atoms with Crippen molar-refractivity contribution in [2.45, 2.75) is 19.0 Å². The van der Waals surface area contributed by atoms with E-state index in [1.165, 1.54) is 0 Å². The van der Waals surface area contributed by atoms with Crippen LogP contribution in [-0.2, 0) is 4.79 Å². The molecule has 1 saturated heterocycles. The number of amides is 2. The van der Waals surface area contributed by atoms with Crippen LogP contribution in [0.4, 0.5) is 5.69 Å². The van der Waals surface area contributed by atoms with Crippen LogP contribution >= 0.6 is 0 Å². The monoisotopic (exact) mass is 427 g/mol. The van der Waals surface area contributed by atoms with Gasteiger partial charge in [0.25, 0.3) is 5.91 Å². The fraction of sp³-hybridized carbons (Fsp3) is 0.192. The summed E-state index contributed by atoms with van der Waals surface area (Å²) in [6.07, 6.45) is 1.90. The Bertz CT molecular complexity index is 1150. The van der Waals surface area contributed by atoms with E-state index in [0.29, 0.717) is 5.56 Å². The number of hydrogen-bond donors (Lipinski definition) is 2. The molecule has 6 heteroatoms. The van der Waals surface area contributed by atoms with Crippen LogP contribution < -0.4 is 15.6 Å². The van der Waals surface area contributed by atoms with Crippen LogP contribution in [0.5, 0.6) is 0 Å². The Morgan fingerprint density at radius 2 is 1.72 bits per heavy atom. The van der Waals surface area contributed by atoms with Crippen molar-refractivity contribution in [3.05, 3.63) is 101 Å². The van der Waals surface area contributed by atoms with Gasteiger partial charge in [-0.1, -0.05) is 48.0 Å². The summed E-state index contributed by atoms with van der Waals surface area (Å²) >= 11 is 0. The molecule has 2 amide bonds. The van der Waals surface area contributed by atoms with Crippen LogP contribution in [0.3, 0.4) is 0 Å². The maximum atomic E-state index is 12.9. The summed E-state index contributed by atoms with van der Waals surface area (Å²) in [6, 6.07) is 24.0. The number of hydrazine groups is 1.